The van der Waals surface area contributed by atoms with E-state index in [4.69, 9.17) is 0 Å². The number of rotatable bonds is 7. The molecule has 0 bridgehead atoms. The molecule has 0 radical (unpaired) electrons. The van der Waals surface area contributed by atoms with Crippen LogP contribution in [0.5, 0.6) is 0 Å². The van der Waals surface area contributed by atoms with Gasteiger partial charge in [0.2, 0.25) is 0 Å². The van der Waals surface area contributed by atoms with Crippen LogP contribution in [0, 0.1) is 0 Å². The first-order valence-electron chi connectivity index (χ1n) is 7.78. The van der Waals surface area contributed by atoms with Gasteiger partial charge in [-0.25, -0.2) is 13.4 Å². The quantitative estimate of drug-likeness (QED) is 0.661. The van der Waals surface area contributed by atoms with Crippen molar-refractivity contribution in [1.82, 2.24) is 9.97 Å². The van der Waals surface area contributed by atoms with E-state index < -0.39 is 10.0 Å². The van der Waals surface area contributed by atoms with Crippen molar-refractivity contribution in [1.29, 1.82) is 0 Å². The van der Waals surface area contributed by atoms with E-state index >= 15 is 0 Å². The molecule has 3 heterocycles. The fraction of sp³-hybridized carbons (Fsp3) is 0.176. The van der Waals surface area contributed by atoms with Crippen molar-refractivity contribution in [3.8, 4) is 0 Å². The second-order valence-corrected chi connectivity index (χ2v) is 8.36. The van der Waals surface area contributed by atoms with Gasteiger partial charge in [-0.2, -0.15) is 0 Å². The highest BCUT2D eigenvalue weighted by atomic mass is 32.2. The molecule has 0 saturated heterocycles. The largest absolute Gasteiger partial charge is 0.364 e. The molecule has 25 heavy (non-hydrogen) atoms. The average molecular weight is 374 g/mol. The number of aromatic nitrogens is 2. The molecule has 0 amide bonds. The molecule has 2 N–H and O–H groups in total. The van der Waals surface area contributed by atoms with Gasteiger partial charge in [-0.1, -0.05) is 13.0 Å². The molecule has 0 aliphatic heterocycles. The first-order chi connectivity index (χ1) is 12.1. The Morgan fingerprint density at radius 3 is 2.60 bits per heavy atom. The van der Waals surface area contributed by atoms with Gasteiger partial charge in [0.05, 0.1) is 24.1 Å². The summed E-state index contributed by atoms with van der Waals surface area (Å²) in [6, 6.07) is 12.6. The summed E-state index contributed by atoms with van der Waals surface area (Å²) in [6.07, 6.45) is 4.04. The Kier molecular flexibility index (Phi) is 5.30. The van der Waals surface area contributed by atoms with Crippen LogP contribution in [0.25, 0.3) is 0 Å². The van der Waals surface area contributed by atoms with Crippen molar-refractivity contribution in [3.05, 3.63) is 65.4 Å². The third-order valence-corrected chi connectivity index (χ3v) is 6.55. The molecule has 3 aromatic rings. The van der Waals surface area contributed by atoms with Crippen molar-refractivity contribution in [2.75, 3.05) is 10.0 Å². The summed E-state index contributed by atoms with van der Waals surface area (Å²) in [5.41, 5.74) is 1.33. The van der Waals surface area contributed by atoms with Crippen LogP contribution in [0.15, 0.2) is 59.1 Å². The fourth-order valence-corrected chi connectivity index (χ4v) is 4.48. The molecule has 0 fully saturated rings. The predicted molar refractivity (Wildman–Crippen MR) is 100 cm³/mol. The van der Waals surface area contributed by atoms with Gasteiger partial charge in [0.25, 0.3) is 10.0 Å². The summed E-state index contributed by atoms with van der Waals surface area (Å²) in [6.45, 7) is 2.55. The third kappa shape index (κ3) is 4.55. The number of nitrogens with one attached hydrogen (secondary N) is 2. The normalized spacial score (nSPS) is 11.2. The number of pyridine rings is 2. The zero-order valence-electron chi connectivity index (χ0n) is 13.6. The summed E-state index contributed by atoms with van der Waals surface area (Å²) < 4.78 is 27.6. The summed E-state index contributed by atoms with van der Waals surface area (Å²) in [7, 11) is -3.57. The lowest BCUT2D eigenvalue weighted by atomic mass is 10.3. The second kappa shape index (κ2) is 7.62. The predicted octanol–water partition coefficient (Wildman–Crippen LogP) is 3.51. The topological polar surface area (TPSA) is 84.0 Å². The summed E-state index contributed by atoms with van der Waals surface area (Å²) in [5.74, 6) is 0.651. The smallest absolute Gasteiger partial charge is 0.271 e. The first-order valence-corrected chi connectivity index (χ1v) is 10.1. The monoisotopic (exact) mass is 374 g/mol. The maximum Gasteiger partial charge on any atom is 0.271 e. The van der Waals surface area contributed by atoms with E-state index in [1.54, 1.807) is 24.4 Å². The maximum atomic E-state index is 12.4. The van der Waals surface area contributed by atoms with Crippen molar-refractivity contribution < 1.29 is 8.42 Å². The Labute approximate surface area is 151 Å². The Balaban J connectivity index is 1.64. The van der Waals surface area contributed by atoms with Crippen LogP contribution in [0.3, 0.4) is 0 Å². The highest BCUT2D eigenvalue weighted by molar-refractivity contribution is 7.94. The lowest BCUT2D eigenvalue weighted by molar-refractivity contribution is 0.603. The Morgan fingerprint density at radius 2 is 1.96 bits per heavy atom. The standard InChI is InChI=1S/C17H18N4O2S2/c1-2-15-7-9-17(24-15)25(22,23)21-14-6-8-16(20-12-14)19-11-13-5-3-4-10-18-13/h3-10,12,21H,2,11H2,1H3,(H,19,20). The summed E-state index contributed by atoms with van der Waals surface area (Å²) in [5, 5.41) is 3.14. The third-order valence-electron chi connectivity index (χ3n) is 3.44. The number of hydrogen-bond donors (Lipinski definition) is 2. The highest BCUT2D eigenvalue weighted by Gasteiger charge is 2.16. The molecule has 6 nitrogen and oxygen atoms in total. The van der Waals surface area contributed by atoms with Crippen LogP contribution in [0.2, 0.25) is 0 Å². The van der Waals surface area contributed by atoms with E-state index in [1.165, 1.54) is 17.5 Å². The first kappa shape index (κ1) is 17.4. The van der Waals surface area contributed by atoms with E-state index in [0.29, 0.717) is 22.3 Å². The van der Waals surface area contributed by atoms with Crippen LogP contribution in [-0.4, -0.2) is 18.4 Å². The molecule has 0 atom stereocenters. The van der Waals surface area contributed by atoms with Gasteiger partial charge in [-0.3, -0.25) is 9.71 Å². The van der Waals surface area contributed by atoms with Crippen molar-refractivity contribution in [3.63, 3.8) is 0 Å². The number of hydrogen-bond acceptors (Lipinski definition) is 6. The number of nitrogens with zero attached hydrogens (tertiary/aromatic N) is 2. The Hall–Kier alpha value is -2.45. The van der Waals surface area contributed by atoms with Crippen LogP contribution in [-0.2, 0) is 23.0 Å². The van der Waals surface area contributed by atoms with E-state index in [-0.39, 0.29) is 0 Å². The summed E-state index contributed by atoms with van der Waals surface area (Å²) in [4.78, 5) is 9.49. The van der Waals surface area contributed by atoms with Gasteiger partial charge in [-0.15, -0.1) is 11.3 Å². The zero-order valence-corrected chi connectivity index (χ0v) is 15.3. The Morgan fingerprint density at radius 1 is 1.08 bits per heavy atom. The van der Waals surface area contributed by atoms with Crippen molar-refractivity contribution in [2.24, 2.45) is 0 Å². The SMILES string of the molecule is CCc1ccc(S(=O)(=O)Nc2ccc(NCc3ccccn3)nc2)s1. The van der Waals surface area contributed by atoms with Gasteiger partial charge >= 0.3 is 0 Å². The minimum Gasteiger partial charge on any atom is -0.364 e. The molecular weight excluding hydrogens is 356 g/mol. The second-order valence-electron chi connectivity index (χ2n) is 5.29. The van der Waals surface area contributed by atoms with Crippen molar-refractivity contribution >= 4 is 32.9 Å². The number of anilines is 2. The minimum absolute atomic E-state index is 0.307. The number of thiophene rings is 1. The number of sulfonamides is 1. The molecule has 0 aromatic carbocycles. The molecule has 0 aliphatic carbocycles. The number of aryl methyl sites for hydroxylation is 1. The van der Waals surface area contributed by atoms with Crippen LogP contribution < -0.4 is 10.0 Å². The van der Waals surface area contributed by atoms with Gasteiger partial charge in [0.15, 0.2) is 0 Å². The molecular formula is C17H18N4O2S2. The zero-order chi connectivity index (χ0) is 17.7. The van der Waals surface area contributed by atoms with Gasteiger partial charge in [0, 0.05) is 11.1 Å². The lowest BCUT2D eigenvalue weighted by Gasteiger charge is -2.08. The van der Waals surface area contributed by atoms with Gasteiger partial charge in [-0.05, 0) is 42.8 Å². The molecule has 3 rings (SSSR count). The van der Waals surface area contributed by atoms with Crippen LogP contribution >= 0.6 is 11.3 Å². The molecule has 0 saturated carbocycles. The average Bonchev–Trinajstić information content (AvgIpc) is 3.12. The molecule has 130 valence electrons. The molecule has 0 unspecified atom stereocenters. The van der Waals surface area contributed by atoms with Gasteiger partial charge < -0.3 is 5.32 Å². The molecule has 3 aromatic heterocycles. The summed E-state index contributed by atoms with van der Waals surface area (Å²) >= 11 is 1.28. The van der Waals surface area contributed by atoms with E-state index in [1.807, 2.05) is 31.2 Å². The maximum absolute atomic E-state index is 12.4. The lowest BCUT2D eigenvalue weighted by Crippen LogP contribution is -2.12. The Bertz CT molecular complexity index is 923. The minimum atomic E-state index is -3.57. The van der Waals surface area contributed by atoms with E-state index in [9.17, 15) is 8.42 Å². The molecule has 0 aliphatic rings. The van der Waals surface area contributed by atoms with E-state index in [2.05, 4.69) is 20.0 Å². The van der Waals surface area contributed by atoms with Crippen LogP contribution in [0.4, 0.5) is 11.5 Å². The van der Waals surface area contributed by atoms with E-state index in [0.717, 1.165) is 17.0 Å². The van der Waals surface area contributed by atoms with Crippen molar-refractivity contribution in [2.45, 2.75) is 24.1 Å². The highest BCUT2D eigenvalue weighted by Crippen LogP contribution is 2.24. The molecule has 0 spiro atoms. The fourth-order valence-electron chi connectivity index (χ4n) is 2.14. The molecule has 8 heteroatoms. The van der Waals surface area contributed by atoms with Crippen LogP contribution in [0.1, 0.15) is 17.5 Å². The van der Waals surface area contributed by atoms with Gasteiger partial charge in [0.1, 0.15) is 10.0 Å².